The van der Waals surface area contributed by atoms with Crippen molar-refractivity contribution in [1.29, 1.82) is 0 Å². The maximum Gasteiger partial charge on any atom is 0.305 e. The number of nitrogens with zero attached hydrogens (tertiary/aromatic N) is 1. The molecular weight excluding hydrogens is 721 g/mol. The lowest BCUT2D eigenvalue weighted by atomic mass is 9.68. The summed E-state index contributed by atoms with van der Waals surface area (Å²) in [6.07, 6.45) is 0.779. The largest absolute Gasteiger partial charge is 0.490 e. The summed E-state index contributed by atoms with van der Waals surface area (Å²) in [6, 6.07) is 18.3. The lowest BCUT2D eigenvalue weighted by molar-refractivity contribution is -0.123. The monoisotopic (exact) mass is 749 g/mol. The molecule has 7 atom stereocenters. The van der Waals surface area contributed by atoms with Gasteiger partial charge in [0.05, 0.1) is 29.2 Å². The molecule has 4 aliphatic rings. The van der Waals surface area contributed by atoms with Crippen LogP contribution >= 0.6 is 39.0 Å². The Bertz CT molecular complexity index is 2000. The summed E-state index contributed by atoms with van der Waals surface area (Å²) < 4.78 is 26.0. The van der Waals surface area contributed by atoms with Crippen LogP contribution in [0.5, 0.6) is 11.5 Å². The number of carbonyl (C=O) groups is 3. The van der Waals surface area contributed by atoms with E-state index < -0.39 is 17.6 Å². The van der Waals surface area contributed by atoms with Crippen LogP contribution in [0.4, 0.5) is 15.8 Å². The zero-order valence-corrected chi connectivity index (χ0v) is 28.7. The van der Waals surface area contributed by atoms with Gasteiger partial charge in [0, 0.05) is 26.2 Å². The Morgan fingerprint density at radius 2 is 1.71 bits per heavy atom. The molecule has 1 saturated heterocycles. The van der Waals surface area contributed by atoms with E-state index in [0.29, 0.717) is 29.5 Å². The van der Waals surface area contributed by atoms with Crippen LogP contribution in [-0.4, -0.2) is 41.2 Å². The molecule has 13 heteroatoms. The van der Waals surface area contributed by atoms with Crippen molar-refractivity contribution in [3.8, 4) is 11.5 Å². The zero-order valence-electron chi connectivity index (χ0n) is 25.5. The lowest BCUT2D eigenvalue weighted by Crippen LogP contribution is -2.42. The minimum absolute atomic E-state index is 0.000427. The molecular formula is C35H29BrFN3O6S2. The van der Waals surface area contributed by atoms with Crippen molar-refractivity contribution in [3.05, 3.63) is 97.1 Å². The molecule has 48 heavy (non-hydrogen) atoms. The van der Waals surface area contributed by atoms with Gasteiger partial charge >= 0.3 is 4.87 Å². The number of rotatable bonds is 8. The topological polar surface area (TPSA) is 118 Å². The van der Waals surface area contributed by atoms with Crippen LogP contribution in [0.15, 0.2) is 81.0 Å². The molecule has 9 nitrogen and oxygen atoms in total. The lowest BCUT2D eigenvalue weighted by Gasteiger charge is -2.43. The first-order valence-electron chi connectivity index (χ1n) is 15.7. The second-order valence-electron chi connectivity index (χ2n) is 12.4. The highest BCUT2D eigenvalue weighted by molar-refractivity contribution is 9.10. The average molecular weight is 751 g/mol. The summed E-state index contributed by atoms with van der Waals surface area (Å²) in [6.45, 7) is 1.92. The molecule has 2 N–H and O–H groups in total. The van der Waals surface area contributed by atoms with E-state index in [1.165, 1.54) is 40.5 Å². The summed E-state index contributed by atoms with van der Waals surface area (Å²) >= 11 is 6.26. The summed E-state index contributed by atoms with van der Waals surface area (Å²) in [7, 11) is 0. The van der Waals surface area contributed by atoms with Crippen molar-refractivity contribution in [2.75, 3.05) is 23.4 Å². The Labute approximate surface area is 291 Å². The van der Waals surface area contributed by atoms with Gasteiger partial charge in [0.2, 0.25) is 11.8 Å². The maximum atomic E-state index is 14.0. The third-order valence-electron chi connectivity index (χ3n) is 9.92. The normalized spacial score (nSPS) is 26.6. The van der Waals surface area contributed by atoms with E-state index >= 15 is 0 Å². The van der Waals surface area contributed by atoms with E-state index in [2.05, 4.69) is 26.2 Å². The number of nitrogens with one attached hydrogen (secondary N) is 2. The summed E-state index contributed by atoms with van der Waals surface area (Å²) in [5.74, 6) is -1.27. The van der Waals surface area contributed by atoms with Gasteiger partial charge in [-0.1, -0.05) is 33.3 Å². The van der Waals surface area contributed by atoms with Crippen LogP contribution in [0, 0.1) is 35.4 Å². The van der Waals surface area contributed by atoms with Gasteiger partial charge in [-0.05, 0) is 97.3 Å². The fourth-order valence-corrected chi connectivity index (χ4v) is 11.4. The molecule has 246 valence electrons. The van der Waals surface area contributed by atoms with Gasteiger partial charge in [0.1, 0.15) is 5.82 Å². The smallest absolute Gasteiger partial charge is 0.305 e. The minimum atomic E-state index is -0.415. The van der Waals surface area contributed by atoms with Gasteiger partial charge < -0.3 is 19.8 Å². The molecule has 0 spiro atoms. The molecule has 8 rings (SSSR count). The van der Waals surface area contributed by atoms with E-state index in [1.54, 1.807) is 30.0 Å². The molecule has 0 radical (unpaired) electrons. The van der Waals surface area contributed by atoms with Gasteiger partial charge in [-0.15, -0.1) is 11.8 Å². The van der Waals surface area contributed by atoms with Gasteiger partial charge in [-0.3, -0.25) is 24.1 Å². The van der Waals surface area contributed by atoms with Crippen molar-refractivity contribution in [2.45, 2.75) is 29.5 Å². The summed E-state index contributed by atoms with van der Waals surface area (Å²) in [5, 5.41) is 3.55. The molecule has 0 unspecified atom stereocenters. The maximum absolute atomic E-state index is 14.0. The Balaban J connectivity index is 1.10. The molecule has 2 aliphatic heterocycles. The van der Waals surface area contributed by atoms with Gasteiger partial charge in [-0.2, -0.15) is 0 Å². The molecule has 2 bridgehead atoms. The number of amides is 3. The number of benzene rings is 3. The van der Waals surface area contributed by atoms with Gasteiger partial charge in [-0.25, -0.2) is 4.39 Å². The second kappa shape index (κ2) is 12.2. The Morgan fingerprint density at radius 1 is 0.979 bits per heavy atom. The fourth-order valence-electron chi connectivity index (χ4n) is 8.21. The molecule has 3 heterocycles. The first kappa shape index (κ1) is 31.3. The van der Waals surface area contributed by atoms with Crippen LogP contribution in [0.2, 0.25) is 0 Å². The highest BCUT2D eigenvalue weighted by atomic mass is 79.9. The highest BCUT2D eigenvalue weighted by Crippen LogP contribution is 2.68. The van der Waals surface area contributed by atoms with Gasteiger partial charge in [0.25, 0.3) is 5.91 Å². The standard InChI is InChI=1S/C35H29BrFN3O6S2/c1-2-45-24-13-16(3-12-23(24)46-15-25(41)38-19-8-6-18(37)7-9-19)26-27-21-14-22(30(27)47-32-31(26)48-35(44)39-32)29-28(21)33(42)40(34(29)43)20-10-4-17(36)5-11-20/h3-13,21-22,26-30H,2,14-15H2,1H3,(H,38,41)(H,39,44)/t21-,22-,26+,27-,28+,29+,30-/m1/s1. The molecule has 1 aromatic heterocycles. The van der Waals surface area contributed by atoms with Gasteiger partial charge in [0.15, 0.2) is 18.1 Å². The molecule has 4 aromatic rings. The van der Waals surface area contributed by atoms with E-state index in [-0.39, 0.29) is 58.1 Å². The quantitative estimate of drug-likeness (QED) is 0.200. The van der Waals surface area contributed by atoms with Crippen LogP contribution in [0.25, 0.3) is 0 Å². The fraction of sp³-hybridized carbons (Fsp3) is 0.314. The predicted molar refractivity (Wildman–Crippen MR) is 183 cm³/mol. The number of hydrogen-bond donors (Lipinski definition) is 2. The number of thioether (sulfide) groups is 1. The first-order chi connectivity index (χ1) is 23.2. The number of H-pyrrole nitrogens is 1. The molecule has 3 amide bonds. The van der Waals surface area contributed by atoms with Crippen molar-refractivity contribution in [3.63, 3.8) is 0 Å². The number of thiazole rings is 1. The van der Waals surface area contributed by atoms with Crippen LogP contribution in [0.3, 0.4) is 0 Å². The first-order valence-corrected chi connectivity index (χ1v) is 18.2. The number of aromatic amines is 1. The van der Waals surface area contributed by atoms with Crippen molar-refractivity contribution in [2.24, 2.45) is 29.6 Å². The molecule has 2 aliphatic carbocycles. The Morgan fingerprint density at radius 3 is 2.44 bits per heavy atom. The van der Waals surface area contributed by atoms with Crippen LogP contribution in [-0.2, 0) is 14.4 Å². The number of hydrogen-bond acceptors (Lipinski definition) is 8. The highest BCUT2D eigenvalue weighted by Gasteiger charge is 2.69. The van der Waals surface area contributed by atoms with E-state index in [4.69, 9.17) is 9.47 Å². The van der Waals surface area contributed by atoms with E-state index in [9.17, 15) is 23.6 Å². The SMILES string of the molecule is CCOc1cc([C@@H]2c3sc(=O)[nH]c3S[C@@H]3[C@@H]4C[C@@H]([C@@H]5C(=O)N(c6ccc(Br)cc6)C(=O)[C@@H]45)[C@H]23)ccc1OCC(=O)Nc1ccc(F)cc1. The number of imide groups is 1. The minimum Gasteiger partial charge on any atom is -0.490 e. The summed E-state index contributed by atoms with van der Waals surface area (Å²) in [4.78, 5) is 58.4. The third kappa shape index (κ3) is 5.17. The van der Waals surface area contributed by atoms with Crippen molar-refractivity contribution < 1.29 is 28.2 Å². The zero-order chi connectivity index (χ0) is 33.3. The van der Waals surface area contributed by atoms with Crippen LogP contribution < -0.4 is 24.6 Å². The van der Waals surface area contributed by atoms with E-state index in [0.717, 1.165) is 26.4 Å². The molecule has 3 fully saturated rings. The number of carbonyl (C=O) groups excluding carboxylic acids is 3. The predicted octanol–water partition coefficient (Wildman–Crippen LogP) is 6.43. The van der Waals surface area contributed by atoms with E-state index in [1.807, 2.05) is 31.2 Å². The average Bonchev–Trinajstić information content (AvgIpc) is 3.81. The van der Waals surface area contributed by atoms with Crippen molar-refractivity contribution >= 4 is 68.1 Å². The molecule has 2 saturated carbocycles. The summed E-state index contributed by atoms with van der Waals surface area (Å²) in [5.41, 5.74) is 1.95. The van der Waals surface area contributed by atoms with Crippen molar-refractivity contribution in [1.82, 2.24) is 4.98 Å². The Kier molecular flexibility index (Phi) is 7.96. The number of halogens is 2. The second-order valence-corrected chi connectivity index (χ2v) is 15.6. The Hall–Kier alpha value is -3.94. The number of fused-ring (bicyclic) bond motifs is 9. The third-order valence-corrected chi connectivity index (χ3v) is 13.0. The molecule has 3 aromatic carbocycles. The number of ether oxygens (including phenoxy) is 2. The number of anilines is 2. The number of aromatic nitrogens is 1. The van der Waals surface area contributed by atoms with Crippen LogP contribution in [0.1, 0.15) is 29.7 Å².